The van der Waals surface area contributed by atoms with Crippen LogP contribution in [-0.4, -0.2) is 36.6 Å². The highest BCUT2D eigenvalue weighted by Gasteiger charge is 2.53. The van der Waals surface area contributed by atoms with Crippen molar-refractivity contribution in [2.24, 2.45) is 11.3 Å². The number of rotatable bonds is 5. The fraction of sp³-hybridized carbons (Fsp3) is 0.933. The highest BCUT2D eigenvalue weighted by Crippen LogP contribution is 2.55. The molecule has 1 saturated heterocycles. The Bertz CT molecular complexity index is 312. The van der Waals surface area contributed by atoms with E-state index in [-0.39, 0.29) is 12.0 Å². The van der Waals surface area contributed by atoms with Crippen molar-refractivity contribution in [2.75, 3.05) is 13.7 Å². The average Bonchev–Trinajstić information content (AvgIpc) is 3.01. The number of carbonyl (C=O) groups excluding carboxylic acids is 1. The molecule has 2 rings (SSSR count). The van der Waals surface area contributed by atoms with Crippen LogP contribution in [0.1, 0.15) is 52.9 Å². The minimum Gasteiger partial charge on any atom is -0.381 e. The molecule has 2 unspecified atom stereocenters. The minimum atomic E-state index is 0.0239. The van der Waals surface area contributed by atoms with Crippen LogP contribution < -0.4 is 0 Å². The number of ether oxygens (including phenoxy) is 1. The van der Waals surface area contributed by atoms with Gasteiger partial charge in [-0.3, -0.25) is 4.79 Å². The Kier molecular flexibility index (Phi) is 4.00. The number of likely N-dealkylation sites (tertiary alicyclic amines) is 1. The maximum absolute atomic E-state index is 12.7. The zero-order valence-electron chi connectivity index (χ0n) is 12.2. The molecule has 104 valence electrons. The van der Waals surface area contributed by atoms with Crippen LogP contribution in [-0.2, 0) is 9.53 Å². The van der Waals surface area contributed by atoms with Gasteiger partial charge in [-0.15, -0.1) is 0 Å². The standard InChI is InChI=1S/C15H27NO2/c1-5-12-9-15(7-8-15)10-16(12)14(17)13(6-2)11(3)18-4/h11-13H,5-10H2,1-4H3/t11?,12-,13?/m1/s1. The molecule has 3 atom stereocenters. The molecule has 1 heterocycles. The van der Waals surface area contributed by atoms with Crippen LogP contribution in [0.4, 0.5) is 0 Å². The first kappa shape index (κ1) is 13.9. The number of methoxy groups -OCH3 is 1. The first-order chi connectivity index (χ1) is 8.56. The van der Waals surface area contributed by atoms with E-state index < -0.39 is 0 Å². The summed E-state index contributed by atoms with van der Waals surface area (Å²) in [5, 5.41) is 0. The molecule has 1 aliphatic carbocycles. The highest BCUT2D eigenvalue weighted by molar-refractivity contribution is 5.80. The van der Waals surface area contributed by atoms with Gasteiger partial charge in [-0.05, 0) is 44.4 Å². The molecule has 3 nitrogen and oxygen atoms in total. The molecule has 1 aliphatic heterocycles. The van der Waals surface area contributed by atoms with E-state index in [1.165, 1.54) is 19.3 Å². The lowest BCUT2D eigenvalue weighted by Gasteiger charge is -2.30. The number of nitrogens with zero attached hydrogens (tertiary/aromatic N) is 1. The highest BCUT2D eigenvalue weighted by atomic mass is 16.5. The molecule has 1 amide bonds. The summed E-state index contributed by atoms with van der Waals surface area (Å²) in [7, 11) is 1.70. The zero-order chi connectivity index (χ0) is 13.3. The Labute approximate surface area is 111 Å². The van der Waals surface area contributed by atoms with E-state index in [0.29, 0.717) is 17.4 Å². The molecule has 0 radical (unpaired) electrons. The van der Waals surface area contributed by atoms with Gasteiger partial charge in [0, 0.05) is 19.7 Å². The van der Waals surface area contributed by atoms with E-state index in [2.05, 4.69) is 18.7 Å². The molecule has 2 aliphatic rings. The van der Waals surface area contributed by atoms with Gasteiger partial charge in [0.2, 0.25) is 5.91 Å². The molecular weight excluding hydrogens is 226 g/mol. The van der Waals surface area contributed by atoms with E-state index in [1.807, 2.05) is 6.92 Å². The number of hydrogen-bond acceptors (Lipinski definition) is 2. The summed E-state index contributed by atoms with van der Waals surface area (Å²) >= 11 is 0. The fourth-order valence-electron chi connectivity index (χ4n) is 3.41. The van der Waals surface area contributed by atoms with Gasteiger partial charge in [-0.1, -0.05) is 13.8 Å². The topological polar surface area (TPSA) is 29.5 Å². The first-order valence-electron chi connectivity index (χ1n) is 7.40. The van der Waals surface area contributed by atoms with Gasteiger partial charge in [0.15, 0.2) is 0 Å². The van der Waals surface area contributed by atoms with E-state index in [0.717, 1.165) is 19.4 Å². The normalized spacial score (nSPS) is 28.4. The summed E-state index contributed by atoms with van der Waals surface area (Å²) in [6.07, 6.45) is 5.86. The van der Waals surface area contributed by atoms with Crippen molar-refractivity contribution in [1.29, 1.82) is 0 Å². The quantitative estimate of drug-likeness (QED) is 0.754. The van der Waals surface area contributed by atoms with Crippen molar-refractivity contribution < 1.29 is 9.53 Å². The van der Waals surface area contributed by atoms with Crippen molar-refractivity contribution in [3.8, 4) is 0 Å². The maximum atomic E-state index is 12.7. The predicted molar refractivity (Wildman–Crippen MR) is 72.3 cm³/mol. The van der Waals surface area contributed by atoms with Gasteiger partial charge >= 0.3 is 0 Å². The van der Waals surface area contributed by atoms with Gasteiger partial charge in [0.25, 0.3) is 0 Å². The van der Waals surface area contributed by atoms with Crippen molar-refractivity contribution in [2.45, 2.75) is 65.0 Å². The van der Waals surface area contributed by atoms with Crippen LogP contribution in [0.25, 0.3) is 0 Å². The fourth-order valence-corrected chi connectivity index (χ4v) is 3.41. The van der Waals surface area contributed by atoms with Crippen LogP contribution in [0.2, 0.25) is 0 Å². The Morgan fingerprint density at radius 2 is 2.11 bits per heavy atom. The first-order valence-corrected chi connectivity index (χ1v) is 7.40. The second-order valence-electron chi connectivity index (χ2n) is 6.19. The molecule has 1 saturated carbocycles. The smallest absolute Gasteiger partial charge is 0.228 e. The van der Waals surface area contributed by atoms with E-state index in [1.54, 1.807) is 7.11 Å². The summed E-state index contributed by atoms with van der Waals surface area (Å²) in [5.41, 5.74) is 0.505. The zero-order valence-corrected chi connectivity index (χ0v) is 12.2. The van der Waals surface area contributed by atoms with Crippen LogP contribution in [0.3, 0.4) is 0 Å². The predicted octanol–water partition coefficient (Wildman–Crippen LogP) is 2.84. The minimum absolute atomic E-state index is 0.0239. The summed E-state index contributed by atoms with van der Waals surface area (Å²) in [6, 6.07) is 0.470. The molecular formula is C15H27NO2. The van der Waals surface area contributed by atoms with Crippen molar-refractivity contribution in [3.05, 3.63) is 0 Å². The number of amides is 1. The molecule has 1 spiro atoms. The molecule has 2 fully saturated rings. The van der Waals surface area contributed by atoms with Crippen LogP contribution in [0.15, 0.2) is 0 Å². The third kappa shape index (κ3) is 2.42. The summed E-state index contributed by atoms with van der Waals surface area (Å²) in [4.78, 5) is 14.9. The second-order valence-corrected chi connectivity index (χ2v) is 6.19. The summed E-state index contributed by atoms with van der Waals surface area (Å²) < 4.78 is 5.37. The second kappa shape index (κ2) is 5.20. The van der Waals surface area contributed by atoms with Crippen LogP contribution >= 0.6 is 0 Å². The lowest BCUT2D eigenvalue weighted by Crippen LogP contribution is -2.43. The van der Waals surface area contributed by atoms with Gasteiger partial charge in [0.05, 0.1) is 12.0 Å². The van der Waals surface area contributed by atoms with Crippen molar-refractivity contribution in [1.82, 2.24) is 4.90 Å². The average molecular weight is 253 g/mol. The molecule has 0 aromatic carbocycles. The number of hydrogen-bond donors (Lipinski definition) is 0. The SMILES string of the molecule is CCC(C(=O)N1CC2(CC2)C[C@H]1CC)C(C)OC. The Hall–Kier alpha value is -0.570. The Morgan fingerprint density at radius 1 is 1.44 bits per heavy atom. The van der Waals surface area contributed by atoms with Gasteiger partial charge < -0.3 is 9.64 Å². The van der Waals surface area contributed by atoms with Crippen molar-refractivity contribution in [3.63, 3.8) is 0 Å². The number of carbonyl (C=O) groups is 1. The Balaban J connectivity index is 2.06. The summed E-state index contributed by atoms with van der Waals surface area (Å²) in [6.45, 7) is 7.29. The molecule has 0 aromatic rings. The molecule has 0 N–H and O–H groups in total. The van der Waals surface area contributed by atoms with Gasteiger partial charge in [0.1, 0.15) is 0 Å². The van der Waals surface area contributed by atoms with Crippen LogP contribution in [0, 0.1) is 11.3 Å². The maximum Gasteiger partial charge on any atom is 0.228 e. The van der Waals surface area contributed by atoms with Gasteiger partial charge in [-0.25, -0.2) is 0 Å². The van der Waals surface area contributed by atoms with E-state index in [9.17, 15) is 4.79 Å². The molecule has 0 bridgehead atoms. The van der Waals surface area contributed by atoms with Gasteiger partial charge in [-0.2, -0.15) is 0 Å². The summed E-state index contributed by atoms with van der Waals surface area (Å²) in [5.74, 6) is 0.348. The monoisotopic (exact) mass is 253 g/mol. The Morgan fingerprint density at radius 3 is 2.56 bits per heavy atom. The lowest BCUT2D eigenvalue weighted by atomic mass is 9.98. The molecule has 0 aromatic heterocycles. The van der Waals surface area contributed by atoms with Crippen LogP contribution in [0.5, 0.6) is 0 Å². The van der Waals surface area contributed by atoms with E-state index in [4.69, 9.17) is 4.74 Å². The third-order valence-corrected chi connectivity index (χ3v) is 5.02. The lowest BCUT2D eigenvalue weighted by molar-refractivity contribution is -0.141. The molecule has 3 heteroatoms. The van der Waals surface area contributed by atoms with Crippen molar-refractivity contribution >= 4 is 5.91 Å². The third-order valence-electron chi connectivity index (χ3n) is 5.02. The van der Waals surface area contributed by atoms with E-state index >= 15 is 0 Å². The largest absolute Gasteiger partial charge is 0.381 e. The molecule has 18 heavy (non-hydrogen) atoms.